The standard InChI is InChI=1S/C19H25N3O2/c1-12-9-16(12)17-6-4-15(24-17)5-8-19(23)21-14-3-7-18-20-13(2)10-22(18)11-14/h4,6,10,12,14,16H,3,5,7-9,11H2,1-2H3,(H,21,23). The molecule has 1 amide bonds. The molecule has 3 heterocycles. The van der Waals surface area contributed by atoms with Gasteiger partial charge in [0, 0.05) is 44.0 Å². The van der Waals surface area contributed by atoms with Crippen molar-refractivity contribution in [3.8, 4) is 0 Å². The number of aromatic nitrogens is 2. The minimum Gasteiger partial charge on any atom is -0.466 e. The number of imidazole rings is 1. The summed E-state index contributed by atoms with van der Waals surface area (Å²) in [5, 5.41) is 3.16. The van der Waals surface area contributed by atoms with Gasteiger partial charge >= 0.3 is 0 Å². The molecule has 2 aromatic heterocycles. The third kappa shape index (κ3) is 3.25. The zero-order valence-electron chi connectivity index (χ0n) is 14.4. The fourth-order valence-corrected chi connectivity index (χ4v) is 3.69. The molecule has 1 aliphatic heterocycles. The molecule has 1 saturated carbocycles. The van der Waals surface area contributed by atoms with Gasteiger partial charge in [0.1, 0.15) is 17.3 Å². The second-order valence-corrected chi connectivity index (χ2v) is 7.38. The van der Waals surface area contributed by atoms with E-state index in [1.807, 2.05) is 13.0 Å². The summed E-state index contributed by atoms with van der Waals surface area (Å²) in [6.45, 7) is 5.09. The first kappa shape index (κ1) is 15.5. The molecule has 128 valence electrons. The molecule has 2 aromatic rings. The third-order valence-corrected chi connectivity index (χ3v) is 5.23. The van der Waals surface area contributed by atoms with Crippen LogP contribution in [-0.2, 0) is 24.2 Å². The molecule has 0 radical (unpaired) electrons. The van der Waals surface area contributed by atoms with E-state index in [2.05, 4.69) is 34.1 Å². The van der Waals surface area contributed by atoms with Crippen LogP contribution in [0.1, 0.15) is 55.1 Å². The molecule has 24 heavy (non-hydrogen) atoms. The normalized spacial score (nSPS) is 25.3. The Labute approximate surface area is 142 Å². The van der Waals surface area contributed by atoms with Gasteiger partial charge in [0.2, 0.25) is 5.91 Å². The SMILES string of the molecule is Cc1cn2c(n1)CCC(NC(=O)CCc1ccc(C3CC3C)o1)C2. The summed E-state index contributed by atoms with van der Waals surface area (Å²) >= 11 is 0. The molecule has 3 atom stereocenters. The van der Waals surface area contributed by atoms with Gasteiger partial charge in [-0.05, 0) is 37.8 Å². The van der Waals surface area contributed by atoms with E-state index in [1.165, 1.54) is 6.42 Å². The predicted molar refractivity (Wildman–Crippen MR) is 90.8 cm³/mol. The number of carbonyl (C=O) groups excluding carboxylic acids is 1. The van der Waals surface area contributed by atoms with Crippen molar-refractivity contribution >= 4 is 5.91 Å². The maximum Gasteiger partial charge on any atom is 0.220 e. The van der Waals surface area contributed by atoms with Crippen LogP contribution in [0.4, 0.5) is 0 Å². The lowest BCUT2D eigenvalue weighted by atomic mass is 10.1. The van der Waals surface area contributed by atoms with Crippen molar-refractivity contribution in [1.82, 2.24) is 14.9 Å². The Morgan fingerprint density at radius 1 is 1.46 bits per heavy atom. The molecule has 1 fully saturated rings. The van der Waals surface area contributed by atoms with Gasteiger partial charge in [0.25, 0.3) is 0 Å². The molecule has 1 aliphatic carbocycles. The summed E-state index contributed by atoms with van der Waals surface area (Å²) in [5.41, 5.74) is 1.05. The van der Waals surface area contributed by atoms with E-state index < -0.39 is 0 Å². The Balaban J connectivity index is 1.26. The van der Waals surface area contributed by atoms with Gasteiger partial charge in [-0.25, -0.2) is 4.98 Å². The lowest BCUT2D eigenvalue weighted by molar-refractivity contribution is -0.122. The van der Waals surface area contributed by atoms with Crippen LogP contribution in [0, 0.1) is 12.8 Å². The number of nitrogens with zero attached hydrogens (tertiary/aromatic N) is 2. The monoisotopic (exact) mass is 327 g/mol. The van der Waals surface area contributed by atoms with Crippen molar-refractivity contribution < 1.29 is 9.21 Å². The van der Waals surface area contributed by atoms with E-state index in [0.29, 0.717) is 18.8 Å². The van der Waals surface area contributed by atoms with Crippen LogP contribution in [0.5, 0.6) is 0 Å². The maximum atomic E-state index is 12.2. The largest absolute Gasteiger partial charge is 0.466 e. The van der Waals surface area contributed by atoms with E-state index in [4.69, 9.17) is 4.42 Å². The number of hydrogen-bond acceptors (Lipinski definition) is 3. The molecule has 5 heteroatoms. The van der Waals surface area contributed by atoms with E-state index in [0.717, 1.165) is 48.3 Å². The molecule has 0 bridgehead atoms. The Morgan fingerprint density at radius 3 is 3.08 bits per heavy atom. The third-order valence-electron chi connectivity index (χ3n) is 5.23. The number of hydrogen-bond donors (Lipinski definition) is 1. The predicted octanol–water partition coefficient (Wildman–Crippen LogP) is 2.97. The van der Waals surface area contributed by atoms with Gasteiger partial charge in [-0.1, -0.05) is 6.92 Å². The Hall–Kier alpha value is -2.04. The number of nitrogens with one attached hydrogen (secondary N) is 1. The number of amides is 1. The lowest BCUT2D eigenvalue weighted by Crippen LogP contribution is -2.40. The summed E-state index contributed by atoms with van der Waals surface area (Å²) in [7, 11) is 0. The zero-order chi connectivity index (χ0) is 16.7. The number of carbonyl (C=O) groups is 1. The molecule has 5 nitrogen and oxygen atoms in total. The number of furan rings is 1. The highest BCUT2D eigenvalue weighted by molar-refractivity contribution is 5.76. The molecule has 0 aromatic carbocycles. The van der Waals surface area contributed by atoms with Crippen LogP contribution in [0.3, 0.4) is 0 Å². The van der Waals surface area contributed by atoms with Crippen LogP contribution in [0.15, 0.2) is 22.7 Å². The van der Waals surface area contributed by atoms with Crippen molar-refractivity contribution in [3.05, 3.63) is 41.4 Å². The average molecular weight is 327 g/mol. The molecular formula is C19H25N3O2. The van der Waals surface area contributed by atoms with Gasteiger partial charge in [-0.3, -0.25) is 4.79 Å². The van der Waals surface area contributed by atoms with Crippen LogP contribution in [0.25, 0.3) is 0 Å². The molecular weight excluding hydrogens is 302 g/mol. The van der Waals surface area contributed by atoms with Crippen molar-refractivity contribution in [2.24, 2.45) is 5.92 Å². The first-order valence-corrected chi connectivity index (χ1v) is 8.99. The number of rotatable bonds is 5. The Morgan fingerprint density at radius 2 is 2.29 bits per heavy atom. The van der Waals surface area contributed by atoms with Crippen molar-refractivity contribution in [1.29, 1.82) is 0 Å². The molecule has 1 N–H and O–H groups in total. The van der Waals surface area contributed by atoms with E-state index >= 15 is 0 Å². The lowest BCUT2D eigenvalue weighted by Gasteiger charge is -2.24. The van der Waals surface area contributed by atoms with Crippen LogP contribution < -0.4 is 5.32 Å². The fourth-order valence-electron chi connectivity index (χ4n) is 3.69. The minimum atomic E-state index is 0.109. The maximum absolute atomic E-state index is 12.2. The first-order chi connectivity index (χ1) is 11.6. The molecule has 0 saturated heterocycles. The number of aryl methyl sites for hydroxylation is 3. The second kappa shape index (κ2) is 6.11. The van der Waals surface area contributed by atoms with Crippen molar-refractivity contribution in [2.75, 3.05) is 0 Å². The fraction of sp³-hybridized carbons (Fsp3) is 0.579. The molecule has 3 unspecified atom stereocenters. The molecule has 4 rings (SSSR count). The van der Waals surface area contributed by atoms with Crippen LogP contribution in [-0.4, -0.2) is 21.5 Å². The topological polar surface area (TPSA) is 60.1 Å². The summed E-state index contributed by atoms with van der Waals surface area (Å²) < 4.78 is 8.04. The van der Waals surface area contributed by atoms with Gasteiger partial charge in [-0.2, -0.15) is 0 Å². The Bertz CT molecular complexity index is 746. The molecule has 0 spiro atoms. The van der Waals surface area contributed by atoms with E-state index in [1.54, 1.807) is 0 Å². The second-order valence-electron chi connectivity index (χ2n) is 7.38. The van der Waals surface area contributed by atoms with Gasteiger partial charge in [-0.15, -0.1) is 0 Å². The molecule has 2 aliphatic rings. The van der Waals surface area contributed by atoms with Crippen molar-refractivity contribution in [3.63, 3.8) is 0 Å². The Kier molecular flexibility index (Phi) is 3.94. The van der Waals surface area contributed by atoms with Gasteiger partial charge < -0.3 is 14.3 Å². The van der Waals surface area contributed by atoms with Gasteiger partial charge in [0.05, 0.1) is 5.69 Å². The highest BCUT2D eigenvalue weighted by Crippen LogP contribution is 2.47. The highest BCUT2D eigenvalue weighted by Gasteiger charge is 2.36. The quantitative estimate of drug-likeness (QED) is 0.918. The average Bonchev–Trinajstić information content (AvgIpc) is 2.97. The van der Waals surface area contributed by atoms with Gasteiger partial charge in [0.15, 0.2) is 0 Å². The highest BCUT2D eigenvalue weighted by atomic mass is 16.3. The summed E-state index contributed by atoms with van der Waals surface area (Å²) in [6.07, 6.45) is 6.35. The smallest absolute Gasteiger partial charge is 0.220 e. The zero-order valence-corrected chi connectivity index (χ0v) is 14.4. The summed E-state index contributed by atoms with van der Waals surface area (Å²) in [6, 6.07) is 4.30. The summed E-state index contributed by atoms with van der Waals surface area (Å²) in [5.74, 6) is 4.61. The van der Waals surface area contributed by atoms with E-state index in [-0.39, 0.29) is 11.9 Å². The van der Waals surface area contributed by atoms with E-state index in [9.17, 15) is 4.79 Å². The summed E-state index contributed by atoms with van der Waals surface area (Å²) in [4.78, 5) is 16.7. The first-order valence-electron chi connectivity index (χ1n) is 8.99. The van der Waals surface area contributed by atoms with Crippen LogP contribution >= 0.6 is 0 Å². The van der Waals surface area contributed by atoms with Crippen molar-refractivity contribution in [2.45, 2.75) is 64.5 Å². The number of fused-ring (bicyclic) bond motifs is 1. The van der Waals surface area contributed by atoms with Crippen LogP contribution in [0.2, 0.25) is 0 Å². The minimum absolute atomic E-state index is 0.109.